The van der Waals surface area contributed by atoms with Gasteiger partial charge in [0.15, 0.2) is 0 Å². The molecule has 0 aromatic heterocycles. The van der Waals surface area contributed by atoms with Crippen LogP contribution in [-0.2, 0) is 0 Å². The van der Waals surface area contributed by atoms with Gasteiger partial charge in [-0.2, -0.15) is 0 Å². The standard InChI is InChI=1S/C30H30Br2N2O4/c1-5-33(6-2)29(37)23-15-17-13-19(31)9-11-21(17)25(27(23)35)26-22-12-10-20(32)14-18(22)16-24(28(26)36)30(38)34(7-3)8-4/h9-16,35-36H,5-8H2,1-4H3. The largest absolute Gasteiger partial charge is 0.506 e. The van der Waals surface area contributed by atoms with Crippen LogP contribution in [0.5, 0.6) is 11.5 Å². The van der Waals surface area contributed by atoms with Crippen LogP contribution in [0.2, 0.25) is 0 Å². The Hall–Kier alpha value is -3.10. The number of hydrogen-bond acceptors (Lipinski definition) is 4. The van der Waals surface area contributed by atoms with E-state index in [0.29, 0.717) is 58.9 Å². The molecule has 4 aromatic rings. The van der Waals surface area contributed by atoms with Gasteiger partial charge in [0.25, 0.3) is 11.8 Å². The van der Waals surface area contributed by atoms with Crippen LogP contribution in [0.25, 0.3) is 32.7 Å². The Bertz CT molecular complexity index is 1440. The Balaban J connectivity index is 2.18. The number of aromatic hydroxyl groups is 2. The van der Waals surface area contributed by atoms with Crippen LogP contribution in [0.4, 0.5) is 0 Å². The Labute approximate surface area is 239 Å². The van der Waals surface area contributed by atoms with Crippen molar-refractivity contribution < 1.29 is 19.8 Å². The number of benzene rings is 4. The number of carbonyl (C=O) groups excluding carboxylic acids is 2. The molecule has 198 valence electrons. The van der Waals surface area contributed by atoms with Crippen LogP contribution in [0.3, 0.4) is 0 Å². The lowest BCUT2D eigenvalue weighted by molar-refractivity contribution is 0.0761. The predicted molar refractivity (Wildman–Crippen MR) is 160 cm³/mol. The van der Waals surface area contributed by atoms with E-state index in [9.17, 15) is 19.8 Å². The summed E-state index contributed by atoms with van der Waals surface area (Å²) in [4.78, 5) is 30.3. The lowest BCUT2D eigenvalue weighted by Gasteiger charge is -2.23. The molecule has 0 saturated carbocycles. The number of carbonyl (C=O) groups is 2. The molecule has 0 aliphatic carbocycles. The summed E-state index contributed by atoms with van der Waals surface area (Å²) < 4.78 is 1.62. The highest BCUT2D eigenvalue weighted by molar-refractivity contribution is 9.10. The van der Waals surface area contributed by atoms with Gasteiger partial charge in [-0.25, -0.2) is 0 Å². The minimum atomic E-state index is -0.308. The molecule has 0 aliphatic rings. The molecule has 0 spiro atoms. The van der Waals surface area contributed by atoms with E-state index in [-0.39, 0.29) is 34.4 Å². The van der Waals surface area contributed by atoms with E-state index in [1.54, 1.807) is 21.9 Å². The highest BCUT2D eigenvalue weighted by atomic mass is 79.9. The molecule has 0 atom stereocenters. The summed E-state index contributed by atoms with van der Waals surface area (Å²) in [6.45, 7) is 9.47. The first-order valence-corrected chi connectivity index (χ1v) is 14.2. The first-order valence-electron chi connectivity index (χ1n) is 12.7. The monoisotopic (exact) mass is 640 g/mol. The number of phenols is 2. The van der Waals surface area contributed by atoms with E-state index in [4.69, 9.17) is 0 Å². The van der Waals surface area contributed by atoms with Crippen molar-refractivity contribution in [2.45, 2.75) is 27.7 Å². The van der Waals surface area contributed by atoms with Gasteiger partial charge in [0.1, 0.15) is 11.5 Å². The maximum Gasteiger partial charge on any atom is 0.257 e. The van der Waals surface area contributed by atoms with Crippen LogP contribution in [0.15, 0.2) is 57.5 Å². The van der Waals surface area contributed by atoms with Gasteiger partial charge >= 0.3 is 0 Å². The summed E-state index contributed by atoms with van der Waals surface area (Å²) in [5.74, 6) is -1.08. The molecule has 6 nitrogen and oxygen atoms in total. The number of halogens is 2. The van der Waals surface area contributed by atoms with Gasteiger partial charge < -0.3 is 20.0 Å². The fourth-order valence-corrected chi connectivity index (χ4v) is 5.69. The van der Waals surface area contributed by atoms with Crippen molar-refractivity contribution in [3.05, 3.63) is 68.6 Å². The molecule has 0 unspecified atom stereocenters. The lowest BCUT2D eigenvalue weighted by atomic mass is 9.88. The average Bonchev–Trinajstić information content (AvgIpc) is 2.90. The second-order valence-electron chi connectivity index (χ2n) is 8.98. The average molecular weight is 642 g/mol. The van der Waals surface area contributed by atoms with Crippen LogP contribution in [-0.4, -0.2) is 58.0 Å². The van der Waals surface area contributed by atoms with Gasteiger partial charge in [-0.05, 0) is 85.6 Å². The fourth-order valence-electron chi connectivity index (χ4n) is 4.93. The van der Waals surface area contributed by atoms with E-state index in [0.717, 1.165) is 8.95 Å². The Morgan fingerprint density at radius 3 is 1.29 bits per heavy atom. The van der Waals surface area contributed by atoms with E-state index >= 15 is 0 Å². The van der Waals surface area contributed by atoms with Crippen molar-refractivity contribution in [3.8, 4) is 22.6 Å². The molecule has 0 fully saturated rings. The third kappa shape index (κ3) is 4.87. The van der Waals surface area contributed by atoms with Gasteiger partial charge in [0.2, 0.25) is 0 Å². The maximum absolute atomic E-state index is 13.5. The summed E-state index contributed by atoms with van der Waals surface area (Å²) in [5, 5.41) is 26.2. The van der Waals surface area contributed by atoms with Crippen molar-refractivity contribution in [1.29, 1.82) is 0 Å². The van der Waals surface area contributed by atoms with Gasteiger partial charge in [-0.1, -0.05) is 44.0 Å². The van der Waals surface area contributed by atoms with Crippen LogP contribution < -0.4 is 0 Å². The molecule has 4 rings (SSSR count). The summed E-state index contributed by atoms with van der Waals surface area (Å²) in [6, 6.07) is 14.5. The molecular weight excluding hydrogens is 612 g/mol. The summed E-state index contributed by atoms with van der Waals surface area (Å²) in [7, 11) is 0. The molecule has 2 amide bonds. The predicted octanol–water partition coefficient (Wildman–Crippen LogP) is 7.56. The Morgan fingerprint density at radius 2 is 0.974 bits per heavy atom. The van der Waals surface area contributed by atoms with E-state index < -0.39 is 0 Å². The minimum absolute atomic E-state index is 0.138. The highest BCUT2D eigenvalue weighted by Crippen LogP contribution is 2.48. The number of phenolic OH excluding ortho intramolecular Hbond substituents is 2. The molecule has 38 heavy (non-hydrogen) atoms. The van der Waals surface area contributed by atoms with Gasteiger partial charge in [0.05, 0.1) is 11.1 Å². The molecule has 0 saturated heterocycles. The van der Waals surface area contributed by atoms with Crippen LogP contribution in [0, 0.1) is 0 Å². The van der Waals surface area contributed by atoms with Gasteiger partial charge in [-0.15, -0.1) is 0 Å². The normalized spacial score (nSPS) is 11.2. The smallest absolute Gasteiger partial charge is 0.257 e. The first-order chi connectivity index (χ1) is 18.2. The number of rotatable bonds is 7. The van der Waals surface area contributed by atoms with Crippen molar-refractivity contribution in [2.24, 2.45) is 0 Å². The van der Waals surface area contributed by atoms with Crippen LogP contribution >= 0.6 is 31.9 Å². The number of nitrogens with zero attached hydrogens (tertiary/aromatic N) is 2. The molecule has 4 aromatic carbocycles. The topological polar surface area (TPSA) is 81.1 Å². The zero-order valence-corrected chi connectivity index (χ0v) is 25.0. The quantitative estimate of drug-likeness (QED) is 0.218. The molecule has 0 radical (unpaired) electrons. The van der Waals surface area contributed by atoms with Crippen molar-refractivity contribution in [2.75, 3.05) is 26.2 Å². The Morgan fingerprint density at radius 1 is 0.632 bits per heavy atom. The molecule has 8 heteroatoms. The molecule has 0 aliphatic heterocycles. The summed E-state index contributed by atoms with van der Waals surface area (Å²) in [6.07, 6.45) is 0. The van der Waals surface area contributed by atoms with Gasteiger partial charge in [0, 0.05) is 46.3 Å². The summed E-state index contributed by atoms with van der Waals surface area (Å²) >= 11 is 7.02. The van der Waals surface area contributed by atoms with Crippen molar-refractivity contribution in [3.63, 3.8) is 0 Å². The highest BCUT2D eigenvalue weighted by Gasteiger charge is 2.28. The second-order valence-corrected chi connectivity index (χ2v) is 10.8. The second kappa shape index (κ2) is 11.3. The fraction of sp³-hybridized carbons (Fsp3) is 0.267. The van der Waals surface area contributed by atoms with Crippen molar-refractivity contribution >= 4 is 65.2 Å². The molecular formula is C30H30Br2N2O4. The van der Waals surface area contributed by atoms with E-state index in [2.05, 4.69) is 31.9 Å². The number of hydrogen-bond donors (Lipinski definition) is 2. The van der Waals surface area contributed by atoms with E-state index in [1.165, 1.54) is 0 Å². The first kappa shape index (κ1) is 27.9. The zero-order chi connectivity index (χ0) is 27.7. The zero-order valence-electron chi connectivity index (χ0n) is 21.8. The molecule has 0 heterocycles. The Kier molecular flexibility index (Phi) is 8.33. The SMILES string of the molecule is CCN(CC)C(=O)c1cc2cc(Br)ccc2c(-c2c(O)c(C(=O)N(CC)CC)cc3cc(Br)ccc23)c1O. The molecule has 2 N–H and O–H groups in total. The molecule has 0 bridgehead atoms. The lowest BCUT2D eigenvalue weighted by Crippen LogP contribution is -2.30. The van der Waals surface area contributed by atoms with Crippen LogP contribution in [0.1, 0.15) is 48.4 Å². The van der Waals surface area contributed by atoms with Crippen molar-refractivity contribution in [1.82, 2.24) is 9.80 Å². The minimum Gasteiger partial charge on any atom is -0.506 e. The number of amides is 2. The summed E-state index contributed by atoms with van der Waals surface area (Å²) in [5.41, 5.74) is 0.896. The van der Waals surface area contributed by atoms with E-state index in [1.807, 2.05) is 64.1 Å². The maximum atomic E-state index is 13.5. The number of fused-ring (bicyclic) bond motifs is 2. The third-order valence-electron chi connectivity index (χ3n) is 6.96. The van der Waals surface area contributed by atoms with Gasteiger partial charge in [-0.3, -0.25) is 9.59 Å². The third-order valence-corrected chi connectivity index (χ3v) is 7.95.